The molecule has 1 aliphatic carbocycles. The highest BCUT2D eigenvalue weighted by Crippen LogP contribution is 2.42. The van der Waals surface area contributed by atoms with Crippen molar-refractivity contribution in [1.29, 1.82) is 0 Å². The Balaban J connectivity index is 1.74. The Morgan fingerprint density at radius 1 is 0.913 bits per heavy atom. The third kappa shape index (κ3) is 6.90. The molecule has 3 atom stereocenters. The van der Waals surface area contributed by atoms with Crippen LogP contribution in [-0.4, -0.2) is 47.2 Å². The molecule has 23 heavy (non-hydrogen) atoms. The molecule has 0 amide bonds. The number of fused-ring (bicyclic) bond motifs is 1. The second kappa shape index (κ2) is 7.58. The summed E-state index contributed by atoms with van der Waals surface area (Å²) in [5, 5.41) is 0. The van der Waals surface area contributed by atoms with Crippen LogP contribution in [0.5, 0.6) is 0 Å². The van der Waals surface area contributed by atoms with Gasteiger partial charge in [-0.3, -0.25) is 0 Å². The smallest absolute Gasteiger partial charge is 0.230 e. The average Bonchev–Trinajstić information content (AvgIpc) is 3.21. The first-order valence-corrected chi connectivity index (χ1v) is 19.9. The van der Waals surface area contributed by atoms with Crippen LogP contribution in [0.1, 0.15) is 25.7 Å². The molecule has 1 heterocycles. The Hall–Kier alpha value is 0.788. The SMILES string of the molecule is C[Si](C)(CCC1CCC2OC2C1)C[Si](C)(C)CC[Si](C)(C)O[Si]. The summed E-state index contributed by atoms with van der Waals surface area (Å²) in [6.07, 6.45) is 6.91. The summed E-state index contributed by atoms with van der Waals surface area (Å²) in [5.74, 6) is 0.961. The molecule has 0 spiro atoms. The number of rotatable bonds is 9. The summed E-state index contributed by atoms with van der Waals surface area (Å²) in [4.78, 5) is 0. The van der Waals surface area contributed by atoms with Crippen molar-refractivity contribution in [1.82, 2.24) is 0 Å². The van der Waals surface area contributed by atoms with Gasteiger partial charge in [0.25, 0.3) is 0 Å². The van der Waals surface area contributed by atoms with Crippen molar-refractivity contribution in [2.24, 2.45) is 5.92 Å². The maximum atomic E-state index is 5.70. The van der Waals surface area contributed by atoms with Crippen LogP contribution in [0.4, 0.5) is 0 Å². The highest BCUT2D eigenvalue weighted by atomic mass is 28.4. The lowest BCUT2D eigenvalue weighted by Crippen LogP contribution is -2.41. The van der Waals surface area contributed by atoms with E-state index in [9.17, 15) is 0 Å². The monoisotopic (exact) mass is 385 g/mol. The molecule has 1 aliphatic heterocycles. The van der Waals surface area contributed by atoms with E-state index in [-0.39, 0.29) is 0 Å². The molecular weight excluding hydrogens is 349 g/mol. The second-order valence-corrected chi connectivity index (χ2v) is 26.2. The summed E-state index contributed by atoms with van der Waals surface area (Å²) >= 11 is 0. The fraction of sp³-hybridized carbons (Fsp3) is 1.00. The molecule has 6 heteroatoms. The Morgan fingerprint density at radius 3 is 2.17 bits per heavy atom. The van der Waals surface area contributed by atoms with E-state index < -0.39 is 24.5 Å². The fourth-order valence-corrected chi connectivity index (χ4v) is 23.0. The van der Waals surface area contributed by atoms with Gasteiger partial charge in [-0.2, -0.15) is 0 Å². The Morgan fingerprint density at radius 2 is 1.57 bits per heavy atom. The van der Waals surface area contributed by atoms with Crippen molar-refractivity contribution in [2.75, 3.05) is 0 Å². The fourth-order valence-electron chi connectivity index (χ4n) is 4.51. The lowest BCUT2D eigenvalue weighted by molar-refractivity contribution is 0.357. The predicted octanol–water partition coefficient (Wildman–Crippen LogP) is 5.21. The lowest BCUT2D eigenvalue weighted by Gasteiger charge is -2.35. The van der Waals surface area contributed by atoms with Gasteiger partial charge in [0.05, 0.1) is 12.2 Å². The summed E-state index contributed by atoms with van der Waals surface area (Å²) in [6.45, 7) is 15.2. The minimum Gasteiger partial charge on any atom is -0.457 e. The lowest BCUT2D eigenvalue weighted by atomic mass is 9.88. The molecule has 1 saturated heterocycles. The molecule has 3 unspecified atom stereocenters. The van der Waals surface area contributed by atoms with Crippen LogP contribution in [0.2, 0.25) is 63.1 Å². The normalized spacial score (nSPS) is 28.6. The number of hydrogen-bond donors (Lipinski definition) is 0. The Bertz CT molecular complexity index is 398. The topological polar surface area (TPSA) is 21.8 Å². The van der Waals surface area contributed by atoms with Gasteiger partial charge in [0, 0.05) is 16.1 Å². The van der Waals surface area contributed by atoms with E-state index in [4.69, 9.17) is 8.85 Å². The van der Waals surface area contributed by atoms with Gasteiger partial charge in [0.15, 0.2) is 8.32 Å². The van der Waals surface area contributed by atoms with Gasteiger partial charge in [0.1, 0.15) is 0 Å². The molecule has 133 valence electrons. The zero-order valence-corrected chi connectivity index (χ0v) is 20.2. The third-order valence-electron chi connectivity index (χ3n) is 5.98. The van der Waals surface area contributed by atoms with Crippen LogP contribution in [0.25, 0.3) is 0 Å². The minimum atomic E-state index is -1.46. The largest absolute Gasteiger partial charge is 0.457 e. The van der Waals surface area contributed by atoms with Crippen molar-refractivity contribution >= 4 is 35.0 Å². The number of ether oxygens (including phenoxy) is 1. The van der Waals surface area contributed by atoms with Gasteiger partial charge >= 0.3 is 0 Å². The number of hydrogen-bond acceptors (Lipinski definition) is 2. The Labute approximate surface area is 150 Å². The van der Waals surface area contributed by atoms with Gasteiger partial charge in [-0.15, -0.1) is 0 Å². The summed E-state index contributed by atoms with van der Waals surface area (Å²) in [6, 6.07) is 4.28. The highest BCUT2D eigenvalue weighted by Gasteiger charge is 2.44. The van der Waals surface area contributed by atoms with Crippen LogP contribution in [-0.2, 0) is 8.85 Å². The molecule has 0 bridgehead atoms. The maximum absolute atomic E-state index is 5.70. The highest BCUT2D eigenvalue weighted by molar-refractivity contribution is 6.95. The number of epoxide rings is 1. The maximum Gasteiger partial charge on any atom is 0.230 e. The molecule has 3 radical (unpaired) electrons. The molecule has 2 fully saturated rings. The molecule has 2 nitrogen and oxygen atoms in total. The molecule has 0 aromatic rings. The van der Waals surface area contributed by atoms with E-state index in [1.54, 1.807) is 5.67 Å². The summed E-state index contributed by atoms with van der Waals surface area (Å²) in [7, 11) is -0.299. The van der Waals surface area contributed by atoms with Crippen molar-refractivity contribution in [3.63, 3.8) is 0 Å². The first-order chi connectivity index (χ1) is 10.5. The molecule has 0 aromatic carbocycles. The van der Waals surface area contributed by atoms with Gasteiger partial charge < -0.3 is 8.85 Å². The molecule has 2 rings (SSSR count). The van der Waals surface area contributed by atoms with Gasteiger partial charge in [0.2, 0.25) is 10.5 Å². The van der Waals surface area contributed by atoms with Crippen molar-refractivity contribution < 1.29 is 8.85 Å². The van der Waals surface area contributed by atoms with Crippen molar-refractivity contribution in [3.05, 3.63) is 0 Å². The Kier molecular flexibility index (Phi) is 6.62. The van der Waals surface area contributed by atoms with Gasteiger partial charge in [-0.05, 0) is 44.3 Å². The molecule has 2 aliphatic rings. The van der Waals surface area contributed by atoms with Crippen LogP contribution < -0.4 is 0 Å². The zero-order chi connectivity index (χ0) is 17.3. The van der Waals surface area contributed by atoms with E-state index in [2.05, 4.69) is 49.8 Å². The quantitative estimate of drug-likeness (QED) is 0.401. The van der Waals surface area contributed by atoms with E-state index in [1.165, 1.54) is 43.8 Å². The molecule has 0 N–H and O–H groups in total. The average molecular weight is 386 g/mol. The van der Waals surface area contributed by atoms with E-state index >= 15 is 0 Å². The first kappa shape index (κ1) is 20.1. The predicted molar refractivity (Wildman–Crippen MR) is 109 cm³/mol. The standard InChI is InChI=1S/C17H37O2Si4/c1-21(2,10-9-15-7-8-16-17(13-15)18-16)14-22(3,4)11-12-23(5,6)19-20/h15-17H,7-14H2,1-6H3. The third-order valence-corrected chi connectivity index (χ3v) is 21.0. The van der Waals surface area contributed by atoms with Crippen molar-refractivity contribution in [3.8, 4) is 0 Å². The van der Waals surface area contributed by atoms with Crippen molar-refractivity contribution in [2.45, 2.75) is 101 Å². The van der Waals surface area contributed by atoms with E-state index in [1.807, 2.05) is 0 Å². The zero-order valence-electron chi connectivity index (χ0n) is 16.2. The van der Waals surface area contributed by atoms with Crippen LogP contribution in [0, 0.1) is 5.92 Å². The molecule has 0 aromatic heterocycles. The molecule has 1 saturated carbocycles. The van der Waals surface area contributed by atoms with Gasteiger partial charge in [-0.25, -0.2) is 0 Å². The van der Waals surface area contributed by atoms with Crippen LogP contribution in [0.15, 0.2) is 0 Å². The summed E-state index contributed by atoms with van der Waals surface area (Å²) < 4.78 is 11.3. The minimum absolute atomic E-state index is 0.653. The van der Waals surface area contributed by atoms with E-state index in [0.29, 0.717) is 12.2 Å². The first-order valence-electron chi connectivity index (χ1n) is 9.52. The second-order valence-electron chi connectivity index (χ2n) is 10.3. The van der Waals surface area contributed by atoms with Crippen LogP contribution in [0.3, 0.4) is 0 Å². The van der Waals surface area contributed by atoms with Crippen LogP contribution >= 0.6 is 0 Å². The van der Waals surface area contributed by atoms with Gasteiger partial charge in [-0.1, -0.05) is 50.4 Å². The molecular formula is C17H37O2Si4. The van der Waals surface area contributed by atoms with E-state index in [0.717, 1.165) is 5.92 Å². The summed E-state index contributed by atoms with van der Waals surface area (Å²) in [5.41, 5.74) is 1.58.